The first kappa shape index (κ1) is 17.3. The second-order valence-electron chi connectivity index (χ2n) is 4.87. The molecule has 0 aromatic heterocycles. The maximum Gasteiger partial charge on any atom is 0.244 e. The minimum atomic E-state index is -3.99. The molecule has 0 aliphatic rings. The van der Waals surface area contributed by atoms with Crippen molar-refractivity contribution >= 4 is 21.6 Å². The number of sulfonamides is 1. The van der Waals surface area contributed by atoms with Crippen molar-refractivity contribution in [2.24, 2.45) is 0 Å². The molecule has 120 valence electrons. The van der Waals surface area contributed by atoms with Crippen LogP contribution in [-0.2, 0) is 10.0 Å². The number of nitrogens with zero attached hydrogens (tertiary/aromatic N) is 1. The zero-order valence-electron chi connectivity index (χ0n) is 12.1. The Morgan fingerprint density at radius 1 is 1.17 bits per heavy atom. The first-order valence-corrected chi connectivity index (χ1v) is 8.73. The third-order valence-electron chi connectivity index (χ3n) is 3.28. The van der Waals surface area contributed by atoms with E-state index >= 15 is 0 Å². The zero-order valence-corrected chi connectivity index (χ0v) is 13.7. The number of aromatic hydroxyl groups is 1. The number of nitrogens with one attached hydrogen (secondary N) is 1. The molecule has 0 amide bonds. The van der Waals surface area contributed by atoms with Crippen molar-refractivity contribution in [2.45, 2.75) is 23.8 Å². The topological polar surface area (TPSA) is 90.2 Å². The van der Waals surface area contributed by atoms with Crippen LogP contribution in [0.5, 0.6) is 5.75 Å². The van der Waals surface area contributed by atoms with Crippen LogP contribution in [-0.4, -0.2) is 13.5 Å². The Balaban J connectivity index is 2.35. The van der Waals surface area contributed by atoms with Gasteiger partial charge in [0.15, 0.2) is 5.75 Å². The summed E-state index contributed by atoms with van der Waals surface area (Å²) < 4.78 is 27.6. The van der Waals surface area contributed by atoms with Crippen molar-refractivity contribution in [1.82, 2.24) is 4.72 Å². The molecule has 0 heterocycles. The van der Waals surface area contributed by atoms with E-state index in [-0.39, 0.29) is 16.3 Å². The third-order valence-corrected chi connectivity index (χ3v) is 5.09. The molecule has 0 aliphatic heterocycles. The Morgan fingerprint density at radius 2 is 1.87 bits per heavy atom. The smallest absolute Gasteiger partial charge is 0.244 e. The van der Waals surface area contributed by atoms with E-state index in [2.05, 4.69) is 4.72 Å². The van der Waals surface area contributed by atoms with Crippen LogP contribution >= 0.6 is 11.6 Å². The van der Waals surface area contributed by atoms with E-state index in [4.69, 9.17) is 16.9 Å². The van der Waals surface area contributed by atoms with Crippen molar-refractivity contribution in [3.8, 4) is 11.8 Å². The fourth-order valence-corrected chi connectivity index (χ4v) is 3.76. The molecule has 0 saturated heterocycles. The van der Waals surface area contributed by atoms with E-state index in [1.165, 1.54) is 18.2 Å². The predicted octanol–water partition coefficient (Wildman–Crippen LogP) is 3.37. The van der Waals surface area contributed by atoms with Crippen LogP contribution in [0.1, 0.15) is 24.4 Å². The number of phenols is 1. The Hall–Kier alpha value is -2.07. The number of para-hydroxylation sites is 1. The fraction of sp³-hybridized carbons (Fsp3) is 0.188. The van der Waals surface area contributed by atoms with Gasteiger partial charge in [-0.3, -0.25) is 0 Å². The van der Waals surface area contributed by atoms with Crippen LogP contribution in [0, 0.1) is 11.3 Å². The van der Waals surface area contributed by atoms with Crippen LogP contribution < -0.4 is 4.72 Å². The van der Waals surface area contributed by atoms with E-state index in [0.29, 0.717) is 6.42 Å². The Kier molecular flexibility index (Phi) is 5.61. The molecule has 0 fully saturated rings. The molecular formula is C16H15ClN2O3S. The van der Waals surface area contributed by atoms with Gasteiger partial charge in [-0.25, -0.2) is 13.1 Å². The zero-order chi connectivity index (χ0) is 16.9. The molecule has 0 saturated carbocycles. The van der Waals surface area contributed by atoms with Crippen molar-refractivity contribution in [1.29, 1.82) is 5.26 Å². The van der Waals surface area contributed by atoms with Gasteiger partial charge in [0, 0.05) is 12.5 Å². The lowest BCUT2D eigenvalue weighted by Gasteiger charge is -2.19. The predicted molar refractivity (Wildman–Crippen MR) is 87.5 cm³/mol. The summed E-state index contributed by atoms with van der Waals surface area (Å²) in [5, 5.41) is 18.6. The molecular weight excluding hydrogens is 336 g/mol. The summed E-state index contributed by atoms with van der Waals surface area (Å²) in [6.07, 6.45) is 0.519. The molecule has 7 heteroatoms. The molecule has 2 aromatic rings. The average Bonchev–Trinajstić information content (AvgIpc) is 2.54. The highest BCUT2D eigenvalue weighted by molar-refractivity contribution is 7.89. The number of hydrogen-bond donors (Lipinski definition) is 2. The minimum Gasteiger partial charge on any atom is -0.505 e. The van der Waals surface area contributed by atoms with Crippen LogP contribution in [0.3, 0.4) is 0 Å². The van der Waals surface area contributed by atoms with Crippen LogP contribution in [0.15, 0.2) is 53.4 Å². The van der Waals surface area contributed by atoms with Crippen LogP contribution in [0.25, 0.3) is 0 Å². The number of phenolic OH excluding ortho intramolecular Hbond substituents is 1. The van der Waals surface area contributed by atoms with Gasteiger partial charge in [0.1, 0.15) is 4.90 Å². The average molecular weight is 351 g/mol. The van der Waals surface area contributed by atoms with Gasteiger partial charge in [0.2, 0.25) is 10.0 Å². The summed E-state index contributed by atoms with van der Waals surface area (Å²) in [4.78, 5) is -0.289. The lowest BCUT2D eigenvalue weighted by molar-refractivity contribution is 0.456. The molecule has 1 atom stereocenters. The summed E-state index contributed by atoms with van der Waals surface area (Å²) in [5.74, 6) is -0.492. The standard InChI is InChI=1S/C16H15ClN2O3S/c17-13-8-4-10-15(16(13)20)23(21,22)19-14(9-5-11-18)12-6-2-1-3-7-12/h1-4,6-8,10,14,19-20H,5,9H2. The highest BCUT2D eigenvalue weighted by Crippen LogP contribution is 2.31. The second kappa shape index (κ2) is 7.47. The maximum absolute atomic E-state index is 12.5. The normalized spacial score (nSPS) is 12.5. The summed E-state index contributed by atoms with van der Waals surface area (Å²) >= 11 is 5.77. The van der Waals surface area contributed by atoms with Gasteiger partial charge < -0.3 is 5.11 Å². The van der Waals surface area contributed by atoms with E-state index < -0.39 is 21.8 Å². The number of benzene rings is 2. The summed E-state index contributed by atoms with van der Waals surface area (Å²) in [7, 11) is -3.99. The number of rotatable bonds is 6. The number of hydrogen-bond acceptors (Lipinski definition) is 4. The number of nitriles is 1. The fourth-order valence-electron chi connectivity index (χ4n) is 2.15. The highest BCUT2D eigenvalue weighted by Gasteiger charge is 2.24. The van der Waals surface area contributed by atoms with Gasteiger partial charge >= 0.3 is 0 Å². The Labute approximate surface area is 140 Å². The first-order valence-electron chi connectivity index (χ1n) is 6.87. The van der Waals surface area contributed by atoms with Gasteiger partial charge in [0.05, 0.1) is 11.1 Å². The SMILES string of the molecule is N#CCCC(NS(=O)(=O)c1cccc(Cl)c1O)c1ccccc1. The molecule has 1 unspecified atom stereocenters. The van der Waals surface area contributed by atoms with Crippen LogP contribution in [0.2, 0.25) is 5.02 Å². The molecule has 0 radical (unpaired) electrons. The van der Waals surface area contributed by atoms with Gasteiger partial charge in [-0.2, -0.15) is 5.26 Å². The summed E-state index contributed by atoms with van der Waals surface area (Å²) in [6.45, 7) is 0. The molecule has 5 nitrogen and oxygen atoms in total. The molecule has 0 aliphatic carbocycles. The minimum absolute atomic E-state index is 0.0406. The highest BCUT2D eigenvalue weighted by atomic mass is 35.5. The first-order chi connectivity index (χ1) is 11.0. The molecule has 0 bridgehead atoms. The van der Waals surface area contributed by atoms with E-state index in [0.717, 1.165) is 5.56 Å². The maximum atomic E-state index is 12.5. The monoisotopic (exact) mass is 350 g/mol. The lowest BCUT2D eigenvalue weighted by atomic mass is 10.0. The van der Waals surface area contributed by atoms with Crippen molar-refractivity contribution < 1.29 is 13.5 Å². The molecule has 2 N–H and O–H groups in total. The van der Waals surface area contributed by atoms with E-state index in [1.54, 1.807) is 24.3 Å². The lowest BCUT2D eigenvalue weighted by Crippen LogP contribution is -2.28. The summed E-state index contributed by atoms with van der Waals surface area (Å²) in [5.41, 5.74) is 0.743. The van der Waals surface area contributed by atoms with Crippen molar-refractivity contribution in [3.05, 3.63) is 59.1 Å². The van der Waals surface area contributed by atoms with Gasteiger partial charge in [-0.05, 0) is 24.1 Å². The van der Waals surface area contributed by atoms with Gasteiger partial charge in [-0.15, -0.1) is 0 Å². The largest absolute Gasteiger partial charge is 0.505 e. The van der Waals surface area contributed by atoms with Crippen molar-refractivity contribution in [2.75, 3.05) is 0 Å². The number of halogens is 1. The molecule has 2 rings (SSSR count). The van der Waals surface area contributed by atoms with Crippen molar-refractivity contribution in [3.63, 3.8) is 0 Å². The quantitative estimate of drug-likeness (QED) is 0.835. The third kappa shape index (κ3) is 4.23. The second-order valence-corrected chi connectivity index (χ2v) is 6.96. The Morgan fingerprint density at radius 3 is 2.52 bits per heavy atom. The van der Waals surface area contributed by atoms with Crippen LogP contribution in [0.4, 0.5) is 0 Å². The van der Waals surface area contributed by atoms with E-state index in [9.17, 15) is 13.5 Å². The molecule has 2 aromatic carbocycles. The van der Waals surface area contributed by atoms with E-state index in [1.807, 2.05) is 12.1 Å². The van der Waals surface area contributed by atoms with Gasteiger partial charge in [-0.1, -0.05) is 48.0 Å². The summed E-state index contributed by atoms with van der Waals surface area (Å²) in [6, 6.07) is 14.5. The molecule has 0 spiro atoms. The Bertz CT molecular complexity index is 817. The molecule has 23 heavy (non-hydrogen) atoms. The van der Waals surface area contributed by atoms with Gasteiger partial charge in [0.25, 0.3) is 0 Å².